The molecule has 18 heavy (non-hydrogen) atoms. The lowest BCUT2D eigenvalue weighted by Crippen LogP contribution is -2.26. The summed E-state index contributed by atoms with van der Waals surface area (Å²) in [6.07, 6.45) is 2.41. The Morgan fingerprint density at radius 2 is 2.22 bits per heavy atom. The summed E-state index contributed by atoms with van der Waals surface area (Å²) in [5.41, 5.74) is 1.12. The summed E-state index contributed by atoms with van der Waals surface area (Å²) < 4.78 is 7.00. The Morgan fingerprint density at radius 1 is 1.44 bits per heavy atom. The quantitative estimate of drug-likeness (QED) is 0.897. The van der Waals surface area contributed by atoms with E-state index >= 15 is 0 Å². The molecule has 0 aromatic heterocycles. The number of aliphatic hydroxyl groups excluding tert-OH is 1. The molecule has 2 N–H and O–H groups in total. The van der Waals surface area contributed by atoms with E-state index in [9.17, 15) is 5.11 Å². The zero-order valence-electron chi connectivity index (χ0n) is 10.8. The van der Waals surface area contributed by atoms with Gasteiger partial charge in [0.05, 0.1) is 6.10 Å². The Labute approximate surface area is 117 Å². The molecule has 2 rings (SSSR count). The van der Waals surface area contributed by atoms with E-state index < -0.39 is 0 Å². The normalized spacial score (nSPS) is 25.1. The van der Waals surface area contributed by atoms with Crippen molar-refractivity contribution in [3.05, 3.63) is 28.2 Å². The number of ether oxygens (including phenoxy) is 1. The van der Waals surface area contributed by atoms with Crippen LogP contribution in [-0.2, 0) is 0 Å². The number of hydrogen-bond donors (Lipinski definition) is 2. The highest BCUT2D eigenvalue weighted by Gasteiger charge is 2.28. The van der Waals surface area contributed by atoms with Crippen LogP contribution in [0.25, 0.3) is 0 Å². The monoisotopic (exact) mass is 313 g/mol. The van der Waals surface area contributed by atoms with Gasteiger partial charge in [0.25, 0.3) is 0 Å². The topological polar surface area (TPSA) is 41.5 Å². The van der Waals surface area contributed by atoms with Gasteiger partial charge in [-0.1, -0.05) is 22.0 Å². The average molecular weight is 314 g/mol. The second-order valence-electron chi connectivity index (χ2n) is 4.85. The van der Waals surface area contributed by atoms with Crippen LogP contribution in [0, 0.1) is 0 Å². The highest BCUT2D eigenvalue weighted by molar-refractivity contribution is 9.10. The molecule has 0 saturated heterocycles. The lowest BCUT2D eigenvalue weighted by Gasteiger charge is -2.22. The number of halogens is 1. The first-order valence-electron chi connectivity index (χ1n) is 6.43. The maximum absolute atomic E-state index is 9.85. The van der Waals surface area contributed by atoms with E-state index in [-0.39, 0.29) is 18.2 Å². The van der Waals surface area contributed by atoms with Gasteiger partial charge in [0, 0.05) is 16.1 Å². The number of aliphatic hydroxyl groups is 1. The Balaban J connectivity index is 2.21. The molecule has 3 nitrogen and oxygen atoms in total. The molecular formula is C14H20BrNO2. The third-order valence-electron chi connectivity index (χ3n) is 3.57. The smallest absolute Gasteiger partial charge is 0.125 e. The first kappa shape index (κ1) is 13.8. The minimum absolute atomic E-state index is 0.0675. The predicted molar refractivity (Wildman–Crippen MR) is 75.9 cm³/mol. The summed E-state index contributed by atoms with van der Waals surface area (Å²) in [7, 11) is 1.93. The largest absolute Gasteiger partial charge is 0.487 e. The number of rotatable bonds is 4. The molecule has 1 fully saturated rings. The van der Waals surface area contributed by atoms with Crippen LogP contribution in [0.15, 0.2) is 22.7 Å². The van der Waals surface area contributed by atoms with Crippen molar-refractivity contribution in [1.82, 2.24) is 5.32 Å². The molecule has 1 aliphatic carbocycles. The summed E-state index contributed by atoms with van der Waals surface area (Å²) in [5, 5.41) is 13.1. The van der Waals surface area contributed by atoms with Gasteiger partial charge in [0.1, 0.15) is 11.9 Å². The van der Waals surface area contributed by atoms with Gasteiger partial charge < -0.3 is 15.2 Å². The van der Waals surface area contributed by atoms with Crippen LogP contribution in [0.1, 0.15) is 37.8 Å². The van der Waals surface area contributed by atoms with E-state index in [4.69, 9.17) is 4.74 Å². The van der Waals surface area contributed by atoms with Crippen molar-refractivity contribution in [3.63, 3.8) is 0 Å². The highest BCUT2D eigenvalue weighted by Crippen LogP contribution is 2.32. The molecule has 1 aliphatic rings. The lowest BCUT2D eigenvalue weighted by atomic mass is 10.1. The third kappa shape index (κ3) is 3.05. The second-order valence-corrected chi connectivity index (χ2v) is 5.76. The standard InChI is InChI=1S/C14H20BrNO2/c1-9(16-2)11-7-6-10(15)8-14(11)18-13-5-3-4-12(13)17/h6-9,12-13,16-17H,3-5H2,1-2H3. The zero-order chi connectivity index (χ0) is 13.1. The van der Waals surface area contributed by atoms with Crippen molar-refractivity contribution < 1.29 is 9.84 Å². The molecule has 0 amide bonds. The first-order chi connectivity index (χ1) is 8.61. The predicted octanol–water partition coefficient (Wildman–Crippen LogP) is 3.02. The molecule has 0 radical (unpaired) electrons. The molecular weight excluding hydrogens is 294 g/mol. The Kier molecular flexibility index (Phi) is 4.65. The molecule has 0 bridgehead atoms. The maximum Gasteiger partial charge on any atom is 0.125 e. The SMILES string of the molecule is CNC(C)c1ccc(Br)cc1OC1CCCC1O. The summed E-state index contributed by atoms with van der Waals surface area (Å²) in [4.78, 5) is 0. The van der Waals surface area contributed by atoms with Gasteiger partial charge in [0.15, 0.2) is 0 Å². The fourth-order valence-electron chi connectivity index (χ4n) is 2.33. The van der Waals surface area contributed by atoms with E-state index in [2.05, 4.69) is 34.2 Å². The maximum atomic E-state index is 9.85. The molecule has 3 unspecified atom stereocenters. The zero-order valence-corrected chi connectivity index (χ0v) is 12.4. The number of nitrogens with one attached hydrogen (secondary N) is 1. The third-order valence-corrected chi connectivity index (χ3v) is 4.06. The fraction of sp³-hybridized carbons (Fsp3) is 0.571. The Bertz CT molecular complexity index is 411. The van der Waals surface area contributed by atoms with Crippen molar-refractivity contribution in [2.24, 2.45) is 0 Å². The van der Waals surface area contributed by atoms with E-state index in [1.807, 2.05) is 19.2 Å². The Hall–Kier alpha value is -0.580. The minimum Gasteiger partial charge on any atom is -0.487 e. The molecule has 0 heterocycles. The van der Waals surface area contributed by atoms with Gasteiger partial charge in [-0.05, 0) is 45.4 Å². The summed E-state index contributed by atoms with van der Waals surface area (Å²) in [6.45, 7) is 2.10. The van der Waals surface area contributed by atoms with Gasteiger partial charge in [-0.2, -0.15) is 0 Å². The second kappa shape index (κ2) is 6.04. The highest BCUT2D eigenvalue weighted by atomic mass is 79.9. The van der Waals surface area contributed by atoms with E-state index in [0.29, 0.717) is 0 Å². The molecule has 4 heteroatoms. The first-order valence-corrected chi connectivity index (χ1v) is 7.22. The van der Waals surface area contributed by atoms with Crippen molar-refractivity contribution in [2.45, 2.75) is 44.4 Å². The number of benzene rings is 1. The van der Waals surface area contributed by atoms with E-state index in [1.54, 1.807) is 0 Å². The van der Waals surface area contributed by atoms with Gasteiger partial charge in [-0.15, -0.1) is 0 Å². The molecule has 1 aromatic rings. The van der Waals surface area contributed by atoms with Crippen LogP contribution in [-0.4, -0.2) is 24.4 Å². The molecule has 0 aliphatic heterocycles. The van der Waals surface area contributed by atoms with Gasteiger partial charge >= 0.3 is 0 Å². The van der Waals surface area contributed by atoms with Gasteiger partial charge in [0.2, 0.25) is 0 Å². The van der Waals surface area contributed by atoms with E-state index in [1.165, 1.54) is 0 Å². The summed E-state index contributed by atoms with van der Waals surface area (Å²) in [6, 6.07) is 6.28. The van der Waals surface area contributed by atoms with Crippen LogP contribution in [0.5, 0.6) is 5.75 Å². The van der Waals surface area contributed by atoms with Crippen molar-refractivity contribution in [1.29, 1.82) is 0 Å². The molecule has 3 atom stereocenters. The molecule has 0 spiro atoms. The van der Waals surface area contributed by atoms with Gasteiger partial charge in [-0.3, -0.25) is 0 Å². The lowest BCUT2D eigenvalue weighted by molar-refractivity contribution is 0.0594. The molecule has 100 valence electrons. The minimum atomic E-state index is -0.332. The van der Waals surface area contributed by atoms with Crippen LogP contribution in [0.4, 0.5) is 0 Å². The van der Waals surface area contributed by atoms with Crippen LogP contribution >= 0.6 is 15.9 Å². The van der Waals surface area contributed by atoms with Crippen LogP contribution in [0.3, 0.4) is 0 Å². The summed E-state index contributed by atoms with van der Waals surface area (Å²) in [5.74, 6) is 0.858. The average Bonchev–Trinajstić information content (AvgIpc) is 2.74. The number of hydrogen-bond acceptors (Lipinski definition) is 3. The molecule has 1 saturated carbocycles. The van der Waals surface area contributed by atoms with Crippen LogP contribution in [0.2, 0.25) is 0 Å². The van der Waals surface area contributed by atoms with Crippen molar-refractivity contribution in [2.75, 3.05) is 7.05 Å². The fourth-order valence-corrected chi connectivity index (χ4v) is 2.67. The van der Waals surface area contributed by atoms with E-state index in [0.717, 1.165) is 35.0 Å². The van der Waals surface area contributed by atoms with Gasteiger partial charge in [-0.25, -0.2) is 0 Å². The molecule has 1 aromatic carbocycles. The van der Waals surface area contributed by atoms with Crippen LogP contribution < -0.4 is 10.1 Å². The summed E-state index contributed by atoms with van der Waals surface area (Å²) >= 11 is 3.47. The van der Waals surface area contributed by atoms with Crippen molar-refractivity contribution >= 4 is 15.9 Å². The van der Waals surface area contributed by atoms with Crippen molar-refractivity contribution in [3.8, 4) is 5.75 Å². The Morgan fingerprint density at radius 3 is 2.83 bits per heavy atom.